The first-order valence-electron chi connectivity index (χ1n) is 7.17. The smallest absolute Gasteiger partial charge is 0.159 e. The van der Waals surface area contributed by atoms with Crippen molar-refractivity contribution in [3.05, 3.63) is 44.7 Å². The van der Waals surface area contributed by atoms with Crippen LogP contribution in [-0.4, -0.2) is 16.5 Å². The average molecular weight is 348 g/mol. The predicted molar refractivity (Wildman–Crippen MR) is 91.6 cm³/mol. The van der Waals surface area contributed by atoms with Crippen molar-refractivity contribution in [2.45, 2.75) is 40.5 Å². The van der Waals surface area contributed by atoms with Crippen molar-refractivity contribution in [3.8, 4) is 11.4 Å². The SMILES string of the molecule is Cc1cc(-c2nc(C)c(C(C)CN)c(C)n2)cc(C)c1Br. The van der Waals surface area contributed by atoms with E-state index in [1.54, 1.807) is 0 Å². The molecule has 0 aliphatic rings. The molecule has 0 amide bonds. The summed E-state index contributed by atoms with van der Waals surface area (Å²) in [7, 11) is 0. The maximum Gasteiger partial charge on any atom is 0.159 e. The van der Waals surface area contributed by atoms with Crippen LogP contribution in [0.1, 0.15) is 40.9 Å². The zero-order valence-corrected chi connectivity index (χ0v) is 14.9. The van der Waals surface area contributed by atoms with Gasteiger partial charge in [-0.15, -0.1) is 0 Å². The molecule has 1 aromatic carbocycles. The summed E-state index contributed by atoms with van der Waals surface area (Å²) in [6.07, 6.45) is 0. The minimum atomic E-state index is 0.285. The van der Waals surface area contributed by atoms with E-state index in [0.29, 0.717) is 6.54 Å². The van der Waals surface area contributed by atoms with Crippen LogP contribution in [0.4, 0.5) is 0 Å². The Labute approximate surface area is 135 Å². The summed E-state index contributed by atoms with van der Waals surface area (Å²) in [5.41, 5.74) is 12.5. The van der Waals surface area contributed by atoms with Crippen LogP contribution in [0.5, 0.6) is 0 Å². The molecule has 0 aliphatic carbocycles. The Bertz CT molecular complexity index is 634. The van der Waals surface area contributed by atoms with Gasteiger partial charge in [0.2, 0.25) is 0 Å². The number of nitrogens with two attached hydrogens (primary N) is 1. The summed E-state index contributed by atoms with van der Waals surface area (Å²) in [5, 5.41) is 0. The third kappa shape index (κ3) is 3.16. The van der Waals surface area contributed by atoms with Gasteiger partial charge < -0.3 is 5.73 Å². The molecule has 112 valence electrons. The molecule has 0 aliphatic heterocycles. The van der Waals surface area contributed by atoms with Gasteiger partial charge in [-0.3, -0.25) is 0 Å². The minimum absolute atomic E-state index is 0.285. The van der Waals surface area contributed by atoms with E-state index in [1.807, 2.05) is 13.8 Å². The van der Waals surface area contributed by atoms with Crippen LogP contribution in [0, 0.1) is 27.7 Å². The number of hydrogen-bond donors (Lipinski definition) is 1. The van der Waals surface area contributed by atoms with Crippen molar-refractivity contribution < 1.29 is 0 Å². The van der Waals surface area contributed by atoms with Gasteiger partial charge >= 0.3 is 0 Å². The average Bonchev–Trinajstić information content (AvgIpc) is 2.43. The molecule has 0 spiro atoms. The molecule has 0 fully saturated rings. The van der Waals surface area contributed by atoms with Crippen molar-refractivity contribution in [2.24, 2.45) is 5.73 Å². The summed E-state index contributed by atoms with van der Waals surface area (Å²) >= 11 is 3.60. The van der Waals surface area contributed by atoms with E-state index in [1.165, 1.54) is 16.7 Å². The molecule has 0 radical (unpaired) electrons. The third-order valence-corrected chi connectivity index (χ3v) is 5.12. The number of halogens is 1. The van der Waals surface area contributed by atoms with Gasteiger partial charge in [0.05, 0.1) is 0 Å². The van der Waals surface area contributed by atoms with Crippen molar-refractivity contribution in [1.82, 2.24) is 9.97 Å². The molecule has 4 heteroatoms. The largest absolute Gasteiger partial charge is 0.330 e. The molecule has 2 rings (SSSR count). The number of nitrogens with zero attached hydrogens (tertiary/aromatic N) is 2. The van der Waals surface area contributed by atoms with Crippen molar-refractivity contribution in [1.29, 1.82) is 0 Å². The molecule has 1 unspecified atom stereocenters. The van der Waals surface area contributed by atoms with Gasteiger partial charge in [0.1, 0.15) is 0 Å². The van der Waals surface area contributed by atoms with E-state index in [9.17, 15) is 0 Å². The summed E-state index contributed by atoms with van der Waals surface area (Å²) < 4.78 is 1.15. The molecule has 0 saturated heterocycles. The highest BCUT2D eigenvalue weighted by Gasteiger charge is 2.15. The van der Waals surface area contributed by atoms with E-state index >= 15 is 0 Å². The standard InChI is InChI=1S/C17H22BrN3/c1-9-6-14(7-10(2)16(9)18)17-20-12(4)15(11(3)8-19)13(5)21-17/h6-7,11H,8,19H2,1-5H3. The summed E-state index contributed by atoms with van der Waals surface area (Å²) in [5.74, 6) is 1.07. The first-order chi connectivity index (χ1) is 9.85. The Morgan fingerprint density at radius 2 is 1.52 bits per heavy atom. The lowest BCUT2D eigenvalue weighted by molar-refractivity contribution is 0.744. The number of benzene rings is 1. The van der Waals surface area contributed by atoms with Crippen molar-refractivity contribution in [2.75, 3.05) is 6.54 Å². The highest BCUT2D eigenvalue weighted by Crippen LogP contribution is 2.29. The number of aryl methyl sites for hydroxylation is 4. The Morgan fingerprint density at radius 1 is 1.05 bits per heavy atom. The van der Waals surface area contributed by atoms with E-state index in [0.717, 1.165) is 27.2 Å². The molecular weight excluding hydrogens is 326 g/mol. The second-order valence-corrected chi connectivity index (χ2v) is 6.49. The Morgan fingerprint density at radius 3 is 1.95 bits per heavy atom. The predicted octanol–water partition coefficient (Wildman–Crippen LogP) is 4.20. The van der Waals surface area contributed by atoms with Gasteiger partial charge in [0.25, 0.3) is 0 Å². The number of aromatic nitrogens is 2. The van der Waals surface area contributed by atoms with Gasteiger partial charge in [-0.2, -0.15) is 0 Å². The van der Waals surface area contributed by atoms with Gasteiger partial charge in [0, 0.05) is 21.4 Å². The maximum atomic E-state index is 5.79. The zero-order valence-electron chi connectivity index (χ0n) is 13.3. The second kappa shape index (κ2) is 6.24. The minimum Gasteiger partial charge on any atom is -0.330 e. The summed E-state index contributed by atoms with van der Waals surface area (Å²) in [6, 6.07) is 4.24. The molecule has 2 N–H and O–H groups in total. The Balaban J connectivity index is 2.57. The molecule has 0 saturated carbocycles. The summed E-state index contributed by atoms with van der Waals surface area (Å²) in [4.78, 5) is 9.41. The van der Waals surface area contributed by atoms with Gasteiger partial charge in [-0.05, 0) is 69.0 Å². The monoisotopic (exact) mass is 347 g/mol. The maximum absolute atomic E-state index is 5.79. The molecular formula is C17H22BrN3. The topological polar surface area (TPSA) is 51.8 Å². The van der Waals surface area contributed by atoms with Crippen molar-refractivity contribution >= 4 is 15.9 Å². The van der Waals surface area contributed by atoms with Gasteiger partial charge in [0.15, 0.2) is 5.82 Å². The molecule has 3 nitrogen and oxygen atoms in total. The normalized spacial score (nSPS) is 12.5. The molecule has 21 heavy (non-hydrogen) atoms. The lowest BCUT2D eigenvalue weighted by Crippen LogP contribution is -2.14. The van der Waals surface area contributed by atoms with Gasteiger partial charge in [-0.25, -0.2) is 9.97 Å². The number of hydrogen-bond acceptors (Lipinski definition) is 3. The van der Waals surface area contributed by atoms with E-state index < -0.39 is 0 Å². The lowest BCUT2D eigenvalue weighted by atomic mass is 9.98. The van der Waals surface area contributed by atoms with Crippen LogP contribution >= 0.6 is 15.9 Å². The van der Waals surface area contributed by atoms with Crippen LogP contribution in [0.25, 0.3) is 11.4 Å². The van der Waals surface area contributed by atoms with Gasteiger partial charge in [-0.1, -0.05) is 22.9 Å². The lowest BCUT2D eigenvalue weighted by Gasteiger charge is -2.16. The Hall–Kier alpha value is -1.26. The summed E-state index contributed by atoms with van der Waals surface area (Å²) in [6.45, 7) is 11.0. The number of rotatable bonds is 3. The fourth-order valence-corrected chi connectivity index (χ4v) is 2.99. The van der Waals surface area contributed by atoms with Crippen LogP contribution in [0.2, 0.25) is 0 Å². The fraction of sp³-hybridized carbons (Fsp3) is 0.412. The van der Waals surface area contributed by atoms with Crippen LogP contribution < -0.4 is 5.73 Å². The van der Waals surface area contributed by atoms with E-state index in [4.69, 9.17) is 15.7 Å². The second-order valence-electron chi connectivity index (χ2n) is 5.69. The first-order valence-corrected chi connectivity index (χ1v) is 7.96. The molecule has 0 bridgehead atoms. The quantitative estimate of drug-likeness (QED) is 0.904. The van der Waals surface area contributed by atoms with E-state index in [-0.39, 0.29) is 5.92 Å². The molecule has 2 aromatic rings. The zero-order chi connectivity index (χ0) is 15.7. The fourth-order valence-electron chi connectivity index (χ4n) is 2.76. The van der Waals surface area contributed by atoms with Crippen LogP contribution in [-0.2, 0) is 0 Å². The molecule has 1 atom stereocenters. The Kier molecular flexibility index (Phi) is 4.79. The van der Waals surface area contributed by atoms with Crippen molar-refractivity contribution in [3.63, 3.8) is 0 Å². The molecule has 1 aromatic heterocycles. The van der Waals surface area contributed by atoms with Crippen LogP contribution in [0.15, 0.2) is 16.6 Å². The van der Waals surface area contributed by atoms with E-state index in [2.05, 4.69) is 48.8 Å². The first kappa shape index (κ1) is 16.1. The van der Waals surface area contributed by atoms with Crippen LogP contribution in [0.3, 0.4) is 0 Å². The molecule has 1 heterocycles. The third-order valence-electron chi connectivity index (χ3n) is 3.87. The highest BCUT2D eigenvalue weighted by molar-refractivity contribution is 9.10. The highest BCUT2D eigenvalue weighted by atomic mass is 79.9.